The van der Waals surface area contributed by atoms with Crippen LogP contribution in [0.1, 0.15) is 71.8 Å². The number of nitrogens with zero attached hydrogens (tertiary/aromatic N) is 2. The van der Waals surface area contributed by atoms with Gasteiger partial charge < -0.3 is 30.3 Å². The first-order valence-electron chi connectivity index (χ1n) is 16.0. The van der Waals surface area contributed by atoms with Crippen LogP contribution in [0, 0.1) is 23.7 Å². The highest BCUT2D eigenvalue weighted by Crippen LogP contribution is 2.44. The molecule has 3 amide bonds. The van der Waals surface area contributed by atoms with Gasteiger partial charge in [0.15, 0.2) is 0 Å². The summed E-state index contributed by atoms with van der Waals surface area (Å²) >= 11 is 0. The number of amides is 3. The van der Waals surface area contributed by atoms with Crippen molar-refractivity contribution in [3.8, 4) is 0 Å². The molecule has 10 nitrogen and oxygen atoms in total. The molecule has 1 aliphatic carbocycles. The van der Waals surface area contributed by atoms with Gasteiger partial charge in [0, 0.05) is 51.2 Å². The quantitative estimate of drug-likeness (QED) is 0.133. The number of carbonyl (C=O) groups is 4. The van der Waals surface area contributed by atoms with E-state index in [9.17, 15) is 24.3 Å². The van der Waals surface area contributed by atoms with Crippen LogP contribution in [0.3, 0.4) is 0 Å². The van der Waals surface area contributed by atoms with Crippen molar-refractivity contribution in [2.45, 2.75) is 91.0 Å². The third-order valence-electron chi connectivity index (χ3n) is 9.02. The second-order valence-electron chi connectivity index (χ2n) is 12.2. The molecule has 10 heteroatoms. The van der Waals surface area contributed by atoms with Crippen LogP contribution >= 0.6 is 0 Å². The van der Waals surface area contributed by atoms with Crippen LogP contribution in [0.5, 0.6) is 0 Å². The van der Waals surface area contributed by atoms with Gasteiger partial charge in [-0.1, -0.05) is 77.4 Å². The largest absolute Gasteiger partial charge is 0.480 e. The number of aliphatic carboxylic acids is 1. The maximum atomic E-state index is 14.2. The van der Waals surface area contributed by atoms with Crippen molar-refractivity contribution in [2.24, 2.45) is 23.7 Å². The minimum absolute atomic E-state index is 0.0387. The molecule has 6 atom stereocenters. The van der Waals surface area contributed by atoms with E-state index in [0.717, 1.165) is 37.7 Å². The van der Waals surface area contributed by atoms with E-state index in [0.29, 0.717) is 24.6 Å². The van der Waals surface area contributed by atoms with E-state index in [1.54, 1.807) is 24.0 Å². The normalized spacial score (nSPS) is 16.9. The Hall–Kier alpha value is -3.40. The highest BCUT2D eigenvalue weighted by molar-refractivity contribution is 5.80. The number of rotatable bonds is 22. The van der Waals surface area contributed by atoms with Crippen LogP contribution in [0.4, 0.5) is 0 Å². The summed E-state index contributed by atoms with van der Waals surface area (Å²) < 4.78 is 5.94. The first-order chi connectivity index (χ1) is 21.0. The third-order valence-corrected chi connectivity index (χ3v) is 9.02. The molecule has 1 aliphatic rings. The van der Waals surface area contributed by atoms with Crippen LogP contribution < -0.4 is 10.6 Å². The number of hydrogen-bond donors (Lipinski definition) is 3. The number of nitrogens with one attached hydrogen (secondary N) is 2. The van der Waals surface area contributed by atoms with Gasteiger partial charge in [0.05, 0.1) is 6.54 Å². The molecule has 0 radical (unpaired) electrons. The maximum absolute atomic E-state index is 14.2. The van der Waals surface area contributed by atoms with Crippen molar-refractivity contribution in [1.82, 2.24) is 20.4 Å². The predicted octanol–water partition coefficient (Wildman–Crippen LogP) is 4.06. The van der Waals surface area contributed by atoms with Crippen LogP contribution in [0.25, 0.3) is 0 Å². The van der Waals surface area contributed by atoms with E-state index in [-0.39, 0.29) is 49.1 Å². The molecule has 3 N–H and O–H groups in total. The Morgan fingerprint density at radius 3 is 2.32 bits per heavy atom. The fourth-order valence-corrected chi connectivity index (χ4v) is 6.06. The monoisotopic (exact) mass is 614 g/mol. The molecule has 2 rings (SSSR count). The number of unbranched alkanes of at least 4 members (excludes halogenated alkanes) is 1. The number of carboxylic acid groups (broad SMARTS) is 1. The van der Waals surface area contributed by atoms with Crippen molar-refractivity contribution < 1.29 is 29.0 Å². The lowest BCUT2D eigenvalue weighted by molar-refractivity contribution is -0.151. The number of carboxylic acids is 1. The van der Waals surface area contributed by atoms with Crippen LogP contribution in [0.15, 0.2) is 42.6 Å². The topological polar surface area (TPSA) is 128 Å². The van der Waals surface area contributed by atoms with E-state index in [1.807, 2.05) is 37.3 Å². The molecule has 246 valence electrons. The highest BCUT2D eigenvalue weighted by atomic mass is 16.5. The number of benzene rings is 1. The minimum Gasteiger partial charge on any atom is -0.480 e. The second-order valence-corrected chi connectivity index (χ2v) is 12.2. The van der Waals surface area contributed by atoms with E-state index in [1.165, 1.54) is 0 Å². The maximum Gasteiger partial charge on any atom is 0.326 e. The fourth-order valence-electron chi connectivity index (χ4n) is 6.06. The Kier molecular flexibility index (Phi) is 15.4. The molecule has 0 heterocycles. The summed E-state index contributed by atoms with van der Waals surface area (Å²) in [5.41, 5.74) is 1.38. The van der Waals surface area contributed by atoms with Crippen LogP contribution in [-0.4, -0.2) is 84.7 Å². The van der Waals surface area contributed by atoms with Gasteiger partial charge >= 0.3 is 5.97 Å². The Labute approximate surface area is 263 Å². The summed E-state index contributed by atoms with van der Waals surface area (Å²) in [5.74, 6) is -1.17. The standard InChI is InChI=1S/C34H54N4O6/c1-8-10-18-38(33(44-7)24(4)25(5)36-29(34(42)43)19-26-14-12-11-13-15-26)30(40)20-28(27-16-17-27)32(23(3)9-2)37(6)31(41)21-35-22-39/h11-15,22-24,27-29,32-33,36H,5,8-10,16-21H2,1-4,6-7H3,(H,35,39)(H,42,43). The van der Waals surface area contributed by atoms with E-state index in [2.05, 4.69) is 38.0 Å². The van der Waals surface area contributed by atoms with Crippen LogP contribution in [0.2, 0.25) is 0 Å². The molecule has 1 aromatic rings. The summed E-state index contributed by atoms with van der Waals surface area (Å²) in [4.78, 5) is 53.6. The molecule has 0 saturated heterocycles. The lowest BCUT2D eigenvalue weighted by Gasteiger charge is -2.41. The summed E-state index contributed by atoms with van der Waals surface area (Å²) in [7, 11) is 3.33. The van der Waals surface area contributed by atoms with E-state index < -0.39 is 24.2 Å². The van der Waals surface area contributed by atoms with Crippen molar-refractivity contribution in [3.05, 3.63) is 48.2 Å². The number of methoxy groups -OCH3 is 1. The first-order valence-corrected chi connectivity index (χ1v) is 16.0. The van der Waals surface area contributed by atoms with Gasteiger partial charge in [-0.3, -0.25) is 14.4 Å². The summed E-state index contributed by atoms with van der Waals surface area (Å²) in [5, 5.41) is 15.5. The average Bonchev–Trinajstić information content (AvgIpc) is 3.86. The van der Waals surface area contributed by atoms with Gasteiger partial charge in [0.2, 0.25) is 18.2 Å². The molecule has 6 unspecified atom stereocenters. The molecule has 0 aromatic heterocycles. The zero-order valence-electron chi connectivity index (χ0n) is 27.5. The van der Waals surface area contributed by atoms with Gasteiger partial charge in [-0.05, 0) is 42.6 Å². The van der Waals surface area contributed by atoms with Gasteiger partial charge in [-0.25, -0.2) is 4.79 Å². The molecule has 0 spiro atoms. The predicted molar refractivity (Wildman–Crippen MR) is 171 cm³/mol. The number of ether oxygens (including phenoxy) is 1. The van der Waals surface area contributed by atoms with Crippen molar-refractivity contribution in [2.75, 3.05) is 27.2 Å². The molecule has 1 saturated carbocycles. The molecular weight excluding hydrogens is 560 g/mol. The minimum atomic E-state index is -0.986. The zero-order chi connectivity index (χ0) is 32.8. The Balaban J connectivity index is 2.29. The van der Waals surface area contributed by atoms with Crippen molar-refractivity contribution in [1.29, 1.82) is 0 Å². The highest BCUT2D eigenvalue weighted by Gasteiger charge is 2.43. The van der Waals surface area contributed by atoms with Gasteiger partial charge in [-0.15, -0.1) is 0 Å². The Morgan fingerprint density at radius 1 is 1.14 bits per heavy atom. The number of carbonyl (C=O) groups excluding carboxylic acids is 3. The summed E-state index contributed by atoms with van der Waals surface area (Å²) in [6, 6.07) is 8.37. The molecule has 1 aromatic carbocycles. The molecule has 0 aliphatic heterocycles. The average molecular weight is 615 g/mol. The van der Waals surface area contributed by atoms with Crippen molar-refractivity contribution >= 4 is 24.2 Å². The number of hydrogen-bond acceptors (Lipinski definition) is 6. The fraction of sp³-hybridized carbons (Fsp3) is 0.647. The van der Waals surface area contributed by atoms with Gasteiger partial charge in [0.25, 0.3) is 0 Å². The summed E-state index contributed by atoms with van der Waals surface area (Å²) in [6.45, 7) is 12.7. The first kappa shape index (κ1) is 36.8. The van der Waals surface area contributed by atoms with E-state index >= 15 is 0 Å². The smallest absolute Gasteiger partial charge is 0.326 e. The van der Waals surface area contributed by atoms with Crippen molar-refractivity contribution in [3.63, 3.8) is 0 Å². The Morgan fingerprint density at radius 2 is 1.80 bits per heavy atom. The SMILES string of the molecule is C=C(NC(Cc1ccccc1)C(=O)O)C(C)C(OC)N(CCCC)C(=O)CC(C1CC1)C(C(C)CC)N(C)C(=O)CNC=O. The summed E-state index contributed by atoms with van der Waals surface area (Å²) in [6.07, 6.45) is 4.95. The van der Waals surface area contributed by atoms with E-state index in [4.69, 9.17) is 4.74 Å². The van der Waals surface area contributed by atoms with Crippen LogP contribution in [-0.2, 0) is 30.3 Å². The lowest BCUT2D eigenvalue weighted by atomic mass is 9.81. The zero-order valence-corrected chi connectivity index (χ0v) is 27.5. The lowest BCUT2D eigenvalue weighted by Crippen LogP contribution is -2.52. The molecule has 0 bridgehead atoms. The second kappa shape index (κ2) is 18.4. The van der Waals surface area contributed by atoms with Gasteiger partial charge in [-0.2, -0.15) is 0 Å². The molecular formula is C34H54N4O6. The Bertz CT molecular complexity index is 1080. The third kappa shape index (κ3) is 10.6. The molecule has 1 fully saturated rings. The number of likely N-dealkylation sites (N-methyl/N-ethyl adjacent to an activating group) is 1. The molecule has 44 heavy (non-hydrogen) atoms. The van der Waals surface area contributed by atoms with Gasteiger partial charge in [0.1, 0.15) is 12.3 Å².